The van der Waals surface area contributed by atoms with Crippen molar-refractivity contribution in [3.8, 4) is 11.5 Å². The Kier molecular flexibility index (Phi) is 7.03. The van der Waals surface area contributed by atoms with Gasteiger partial charge in [-0.15, -0.1) is 0 Å². The Morgan fingerprint density at radius 2 is 2.00 bits per heavy atom. The number of carboxylic acids is 1. The van der Waals surface area contributed by atoms with Gasteiger partial charge in [-0.3, -0.25) is 14.5 Å². The Bertz CT molecular complexity index is 1050. The van der Waals surface area contributed by atoms with E-state index in [1.54, 1.807) is 18.2 Å². The third-order valence-corrected chi connectivity index (χ3v) is 6.06. The summed E-state index contributed by atoms with van der Waals surface area (Å²) in [7, 11) is 1.44. The zero-order valence-electron chi connectivity index (χ0n) is 16.2. The number of ether oxygens (including phenoxy) is 2. The molecule has 3 rings (SSSR count). The molecule has 1 aliphatic rings. The first-order valence-electron chi connectivity index (χ1n) is 8.82. The van der Waals surface area contributed by atoms with Crippen LogP contribution in [0.25, 0.3) is 6.08 Å². The smallest absolute Gasteiger partial charge is 0.341 e. The molecule has 2 aromatic rings. The number of nitrogens with zero attached hydrogens (tertiary/aromatic N) is 1. The average Bonchev–Trinajstić information content (AvgIpc) is 2.95. The van der Waals surface area contributed by atoms with Crippen LogP contribution < -0.4 is 9.47 Å². The summed E-state index contributed by atoms with van der Waals surface area (Å²) in [6, 6.07) is 11.0. The van der Waals surface area contributed by atoms with Gasteiger partial charge < -0.3 is 14.6 Å². The molecule has 7 nitrogen and oxygen atoms in total. The topological polar surface area (TPSA) is 93.1 Å². The molecule has 1 N–H and O–H groups in total. The lowest BCUT2D eigenvalue weighted by Crippen LogP contribution is -2.27. The normalized spacial score (nSPS) is 15.0. The van der Waals surface area contributed by atoms with Gasteiger partial charge in [-0.25, -0.2) is 4.79 Å². The van der Waals surface area contributed by atoms with E-state index in [1.165, 1.54) is 12.0 Å². The number of benzene rings is 2. The van der Waals surface area contributed by atoms with Gasteiger partial charge in [-0.05, 0) is 76.2 Å². The molecule has 0 bridgehead atoms. The molecule has 0 saturated carbocycles. The van der Waals surface area contributed by atoms with Gasteiger partial charge in [0.05, 0.1) is 22.1 Å². The summed E-state index contributed by atoms with van der Waals surface area (Å²) in [5.74, 6) is -0.800. The van der Waals surface area contributed by atoms with E-state index in [4.69, 9.17) is 14.6 Å². The number of carbonyl (C=O) groups is 3. The predicted octanol–water partition coefficient (Wildman–Crippen LogP) is 4.31. The Balaban J connectivity index is 1.85. The average molecular weight is 539 g/mol. The number of hydrogen-bond acceptors (Lipinski definition) is 6. The molecule has 9 heteroatoms. The van der Waals surface area contributed by atoms with Crippen molar-refractivity contribution in [1.82, 2.24) is 4.90 Å². The molecule has 2 amide bonds. The molecular weight excluding hydrogens is 521 g/mol. The predicted molar refractivity (Wildman–Crippen MR) is 122 cm³/mol. The highest BCUT2D eigenvalue weighted by atomic mass is 127. The standard InChI is InChI=1S/C21H18INO6S/c1-12-5-3-4-6-14(12)10-23-20(26)17(30-21(23)27)9-13-7-15(22)19(16(8-13)28-2)29-11-18(24)25/h3-9H,10-11H2,1-2H3,(H,24,25)/b17-9-. The zero-order chi connectivity index (χ0) is 21.8. The van der Waals surface area contributed by atoms with Crippen LogP contribution in [-0.4, -0.2) is 40.8 Å². The molecule has 0 aromatic heterocycles. The molecule has 0 radical (unpaired) electrons. The number of rotatable bonds is 7. The van der Waals surface area contributed by atoms with Crippen LogP contribution in [0.4, 0.5) is 4.79 Å². The first kappa shape index (κ1) is 22.2. The van der Waals surface area contributed by atoms with Crippen molar-refractivity contribution < 1.29 is 29.0 Å². The van der Waals surface area contributed by atoms with Gasteiger partial charge in [0.25, 0.3) is 11.1 Å². The molecule has 156 valence electrons. The number of thioether (sulfide) groups is 1. The maximum atomic E-state index is 12.8. The van der Waals surface area contributed by atoms with Crippen LogP contribution in [0.2, 0.25) is 0 Å². The maximum absolute atomic E-state index is 12.8. The van der Waals surface area contributed by atoms with Gasteiger partial charge in [-0.2, -0.15) is 0 Å². The maximum Gasteiger partial charge on any atom is 0.341 e. The quantitative estimate of drug-likeness (QED) is 0.414. The van der Waals surface area contributed by atoms with E-state index in [-0.39, 0.29) is 17.7 Å². The molecule has 0 atom stereocenters. The molecular formula is C21H18INO6S. The summed E-state index contributed by atoms with van der Waals surface area (Å²) in [4.78, 5) is 37.5. The fourth-order valence-electron chi connectivity index (χ4n) is 2.84. The minimum atomic E-state index is -1.10. The van der Waals surface area contributed by atoms with E-state index in [0.29, 0.717) is 25.5 Å². The van der Waals surface area contributed by atoms with E-state index in [2.05, 4.69) is 0 Å². The number of aliphatic carboxylic acids is 1. The highest BCUT2D eigenvalue weighted by Gasteiger charge is 2.35. The van der Waals surface area contributed by atoms with Crippen LogP contribution in [-0.2, 0) is 16.1 Å². The van der Waals surface area contributed by atoms with Crippen molar-refractivity contribution in [1.29, 1.82) is 0 Å². The van der Waals surface area contributed by atoms with Gasteiger partial charge in [0.2, 0.25) is 0 Å². The third-order valence-electron chi connectivity index (χ3n) is 4.35. The van der Waals surface area contributed by atoms with Gasteiger partial charge in [0, 0.05) is 0 Å². The second-order valence-electron chi connectivity index (χ2n) is 6.41. The number of halogens is 1. The molecule has 1 fully saturated rings. The van der Waals surface area contributed by atoms with Crippen LogP contribution in [0.15, 0.2) is 41.3 Å². The Hall–Kier alpha value is -2.53. The van der Waals surface area contributed by atoms with Crippen LogP contribution in [0, 0.1) is 10.5 Å². The minimum absolute atomic E-state index is 0.220. The number of amides is 2. The summed E-state index contributed by atoms with van der Waals surface area (Å²) in [6.45, 7) is 1.66. The molecule has 2 aromatic carbocycles. The number of carbonyl (C=O) groups excluding carboxylic acids is 2. The fourth-order valence-corrected chi connectivity index (χ4v) is 4.46. The van der Waals surface area contributed by atoms with E-state index < -0.39 is 12.6 Å². The van der Waals surface area contributed by atoms with Gasteiger partial charge in [-0.1, -0.05) is 24.3 Å². The van der Waals surface area contributed by atoms with E-state index in [1.807, 2.05) is 53.8 Å². The number of imide groups is 1. The molecule has 0 spiro atoms. The molecule has 0 unspecified atom stereocenters. The van der Waals surface area contributed by atoms with Crippen molar-refractivity contribution in [2.24, 2.45) is 0 Å². The highest BCUT2D eigenvalue weighted by Crippen LogP contribution is 2.37. The van der Waals surface area contributed by atoms with Crippen LogP contribution >= 0.6 is 34.4 Å². The second kappa shape index (κ2) is 9.52. The molecule has 0 aliphatic carbocycles. The lowest BCUT2D eigenvalue weighted by atomic mass is 10.1. The number of carboxylic acid groups (broad SMARTS) is 1. The summed E-state index contributed by atoms with van der Waals surface area (Å²) in [5.41, 5.74) is 2.56. The molecule has 30 heavy (non-hydrogen) atoms. The minimum Gasteiger partial charge on any atom is -0.493 e. The largest absolute Gasteiger partial charge is 0.493 e. The van der Waals surface area contributed by atoms with Crippen molar-refractivity contribution in [2.75, 3.05) is 13.7 Å². The Morgan fingerprint density at radius 1 is 1.27 bits per heavy atom. The number of methoxy groups -OCH3 is 1. The molecule has 1 aliphatic heterocycles. The third kappa shape index (κ3) is 4.96. The summed E-state index contributed by atoms with van der Waals surface area (Å²) in [6.07, 6.45) is 1.62. The van der Waals surface area contributed by atoms with Crippen LogP contribution in [0.5, 0.6) is 11.5 Å². The van der Waals surface area contributed by atoms with E-state index >= 15 is 0 Å². The number of aryl methyl sites for hydroxylation is 1. The lowest BCUT2D eigenvalue weighted by molar-refractivity contribution is -0.139. The SMILES string of the molecule is COc1cc(/C=C2\SC(=O)N(Cc3ccccc3C)C2=O)cc(I)c1OCC(=O)O. The van der Waals surface area contributed by atoms with Gasteiger partial charge in [0.1, 0.15) is 0 Å². The number of hydrogen-bond donors (Lipinski definition) is 1. The fraction of sp³-hybridized carbons (Fsp3) is 0.190. The Morgan fingerprint density at radius 3 is 2.67 bits per heavy atom. The summed E-state index contributed by atoms with van der Waals surface area (Å²) < 4.78 is 11.2. The van der Waals surface area contributed by atoms with Crippen LogP contribution in [0.1, 0.15) is 16.7 Å². The van der Waals surface area contributed by atoms with Crippen molar-refractivity contribution in [2.45, 2.75) is 13.5 Å². The molecule has 1 heterocycles. The van der Waals surface area contributed by atoms with Crippen LogP contribution in [0.3, 0.4) is 0 Å². The van der Waals surface area contributed by atoms with Crippen molar-refractivity contribution in [3.05, 3.63) is 61.6 Å². The van der Waals surface area contributed by atoms with Crippen molar-refractivity contribution >= 4 is 57.5 Å². The monoisotopic (exact) mass is 539 g/mol. The highest BCUT2D eigenvalue weighted by molar-refractivity contribution is 14.1. The first-order valence-corrected chi connectivity index (χ1v) is 10.7. The molecule has 1 saturated heterocycles. The first-order chi connectivity index (χ1) is 14.3. The summed E-state index contributed by atoms with van der Waals surface area (Å²) in [5, 5.41) is 8.50. The van der Waals surface area contributed by atoms with E-state index in [0.717, 1.165) is 22.9 Å². The lowest BCUT2D eigenvalue weighted by Gasteiger charge is -2.14. The van der Waals surface area contributed by atoms with E-state index in [9.17, 15) is 14.4 Å². The zero-order valence-corrected chi connectivity index (χ0v) is 19.2. The Labute approximate surface area is 191 Å². The van der Waals surface area contributed by atoms with Gasteiger partial charge >= 0.3 is 5.97 Å². The summed E-state index contributed by atoms with van der Waals surface area (Å²) >= 11 is 2.89. The van der Waals surface area contributed by atoms with Gasteiger partial charge in [0.15, 0.2) is 18.1 Å². The van der Waals surface area contributed by atoms with Crippen molar-refractivity contribution in [3.63, 3.8) is 0 Å². The second-order valence-corrected chi connectivity index (χ2v) is 8.57.